The molecule has 2 saturated heterocycles. The molecule has 0 unspecified atom stereocenters. The van der Waals surface area contributed by atoms with Crippen LogP contribution in [-0.4, -0.2) is 67.3 Å². The summed E-state index contributed by atoms with van der Waals surface area (Å²) < 4.78 is 10.2. The van der Waals surface area contributed by atoms with Crippen LogP contribution < -0.4 is 0 Å². The predicted molar refractivity (Wildman–Crippen MR) is 95.0 cm³/mol. The van der Waals surface area contributed by atoms with Crippen molar-refractivity contribution in [1.29, 1.82) is 0 Å². The zero-order valence-electron chi connectivity index (χ0n) is 15.3. The Morgan fingerprint density at radius 3 is 2.64 bits per heavy atom. The van der Waals surface area contributed by atoms with Crippen LogP contribution in [0.3, 0.4) is 0 Å². The van der Waals surface area contributed by atoms with Crippen molar-refractivity contribution in [2.24, 2.45) is 0 Å². The second-order valence-electron chi connectivity index (χ2n) is 6.65. The summed E-state index contributed by atoms with van der Waals surface area (Å²) in [6.45, 7) is 6.47. The summed E-state index contributed by atoms with van der Waals surface area (Å²) in [6.07, 6.45) is 5.69. The molecule has 2 rings (SSSR count). The number of nitrogens with zero attached hydrogens (tertiary/aromatic N) is 2. The highest BCUT2D eigenvalue weighted by Crippen LogP contribution is 2.15. The Kier molecular flexibility index (Phi) is 8.61. The van der Waals surface area contributed by atoms with Crippen molar-refractivity contribution in [1.82, 2.24) is 9.80 Å². The van der Waals surface area contributed by atoms with Gasteiger partial charge in [-0.15, -0.1) is 0 Å². The van der Waals surface area contributed by atoms with Crippen LogP contribution >= 0.6 is 0 Å². The highest BCUT2D eigenvalue weighted by Gasteiger charge is 2.34. The number of amides is 1. The molecule has 0 aromatic rings. The lowest BCUT2D eigenvalue weighted by molar-refractivity contribution is -0.135. The number of carbonyl (C=O) groups is 2. The maximum Gasteiger partial charge on any atom is 0.509 e. The molecule has 1 amide bonds. The van der Waals surface area contributed by atoms with Crippen LogP contribution in [0.2, 0.25) is 0 Å². The first-order valence-corrected chi connectivity index (χ1v) is 9.51. The largest absolute Gasteiger partial charge is 0.509 e. The summed E-state index contributed by atoms with van der Waals surface area (Å²) in [5.41, 5.74) is 0. The van der Waals surface area contributed by atoms with Gasteiger partial charge >= 0.3 is 6.16 Å². The van der Waals surface area contributed by atoms with Crippen molar-refractivity contribution in [3.05, 3.63) is 0 Å². The summed E-state index contributed by atoms with van der Waals surface area (Å²) in [5, 5.41) is 0. The minimum Gasteiger partial charge on any atom is -0.434 e. The fourth-order valence-corrected chi connectivity index (χ4v) is 3.07. The van der Waals surface area contributed by atoms with E-state index in [9.17, 15) is 9.59 Å². The van der Waals surface area contributed by atoms with Crippen LogP contribution in [-0.2, 0) is 14.3 Å². The average molecular weight is 350 g/mol. The van der Waals surface area contributed by atoms with Gasteiger partial charge in [0.05, 0.1) is 19.7 Å². The van der Waals surface area contributed by atoms with Gasteiger partial charge in [-0.25, -0.2) is 4.79 Å². The van der Waals surface area contributed by atoms with E-state index >= 15 is 0 Å². The van der Waals surface area contributed by atoms with Crippen LogP contribution in [0.25, 0.3) is 0 Å². The van der Waals surface area contributed by atoms with Gasteiger partial charge in [0.2, 0.25) is 0 Å². The molecule has 6 heteroatoms. The van der Waals surface area contributed by atoms with E-state index in [1.54, 1.807) is 4.90 Å². The Bertz CT molecular complexity index is 491. The number of hydrogen-bond donors (Lipinski definition) is 0. The van der Waals surface area contributed by atoms with Crippen LogP contribution in [0.4, 0.5) is 4.79 Å². The maximum atomic E-state index is 12.2. The molecule has 0 saturated carbocycles. The van der Waals surface area contributed by atoms with E-state index in [4.69, 9.17) is 9.47 Å². The van der Waals surface area contributed by atoms with Crippen molar-refractivity contribution in [2.75, 3.05) is 39.3 Å². The summed E-state index contributed by atoms with van der Waals surface area (Å²) in [5.74, 6) is 6.01. The predicted octanol–water partition coefficient (Wildman–Crippen LogP) is 2.42. The number of hydrogen-bond acceptors (Lipinski definition) is 5. The molecule has 0 N–H and O–H groups in total. The molecule has 6 nitrogen and oxygen atoms in total. The van der Waals surface area contributed by atoms with Gasteiger partial charge in [-0.3, -0.25) is 9.69 Å². The van der Waals surface area contributed by atoms with Gasteiger partial charge in [-0.2, -0.15) is 0 Å². The van der Waals surface area contributed by atoms with Gasteiger partial charge in [-0.05, 0) is 32.4 Å². The topological polar surface area (TPSA) is 59.1 Å². The Labute approximate surface area is 150 Å². The van der Waals surface area contributed by atoms with Crippen molar-refractivity contribution in [3.63, 3.8) is 0 Å². The average Bonchev–Trinajstić information content (AvgIpc) is 3.23. The van der Waals surface area contributed by atoms with E-state index in [-0.39, 0.29) is 5.91 Å². The quantitative estimate of drug-likeness (QED) is 0.382. The fourth-order valence-electron chi connectivity index (χ4n) is 3.07. The molecule has 2 heterocycles. The second kappa shape index (κ2) is 11.0. The third-order valence-corrected chi connectivity index (χ3v) is 4.60. The molecule has 0 aromatic heterocycles. The monoisotopic (exact) mass is 350 g/mol. The van der Waals surface area contributed by atoms with E-state index in [2.05, 4.69) is 23.7 Å². The van der Waals surface area contributed by atoms with Gasteiger partial charge < -0.3 is 14.4 Å². The van der Waals surface area contributed by atoms with Crippen LogP contribution in [0.15, 0.2) is 0 Å². The molecular weight excluding hydrogens is 320 g/mol. The molecule has 2 fully saturated rings. The first-order valence-electron chi connectivity index (χ1n) is 9.51. The number of rotatable bonds is 8. The lowest BCUT2D eigenvalue weighted by Gasteiger charge is -2.14. The molecule has 0 radical (unpaired) electrons. The van der Waals surface area contributed by atoms with Gasteiger partial charge in [0.1, 0.15) is 0 Å². The molecule has 1 atom stereocenters. The van der Waals surface area contributed by atoms with E-state index in [1.807, 2.05) is 0 Å². The standard InChI is InChI=1S/C19H30N2O4/c1-2-3-4-9-16-24-19(23)25-17-10-15-21(18(17)22)14-8-7-13-20-11-5-6-12-20/h17H,2-6,9-16H2,1H3/t17-/m0/s1. The SMILES string of the molecule is CCCCCCOC(=O)O[C@H]1CCN(CC#CCN2CCCC2)C1=O. The van der Waals surface area contributed by atoms with Crippen molar-refractivity contribution < 1.29 is 19.1 Å². The molecule has 0 bridgehead atoms. The molecule has 0 spiro atoms. The second-order valence-corrected chi connectivity index (χ2v) is 6.65. The van der Waals surface area contributed by atoms with E-state index < -0.39 is 12.3 Å². The molecule has 0 aliphatic carbocycles. The van der Waals surface area contributed by atoms with Crippen LogP contribution in [0.5, 0.6) is 0 Å². The molecular formula is C19H30N2O4. The molecule has 25 heavy (non-hydrogen) atoms. The summed E-state index contributed by atoms with van der Waals surface area (Å²) in [6, 6.07) is 0. The summed E-state index contributed by atoms with van der Waals surface area (Å²) in [4.78, 5) is 27.8. The number of likely N-dealkylation sites (tertiary alicyclic amines) is 2. The minimum absolute atomic E-state index is 0.168. The first kappa shape index (κ1) is 19.6. The molecule has 2 aliphatic heterocycles. The number of unbranched alkanes of at least 4 members (excludes halogenated alkanes) is 3. The smallest absolute Gasteiger partial charge is 0.434 e. The molecule has 0 aromatic carbocycles. The zero-order chi connectivity index (χ0) is 17.9. The minimum atomic E-state index is -0.739. The lowest BCUT2D eigenvalue weighted by atomic mass is 10.2. The van der Waals surface area contributed by atoms with E-state index in [1.165, 1.54) is 12.8 Å². The highest BCUT2D eigenvalue weighted by atomic mass is 16.7. The zero-order valence-corrected chi connectivity index (χ0v) is 15.3. The van der Waals surface area contributed by atoms with E-state index in [0.29, 0.717) is 26.1 Å². The Balaban J connectivity index is 1.61. The normalized spacial score (nSPS) is 20.4. The van der Waals surface area contributed by atoms with Gasteiger partial charge in [-0.1, -0.05) is 38.0 Å². The van der Waals surface area contributed by atoms with Crippen molar-refractivity contribution >= 4 is 12.1 Å². The number of carbonyl (C=O) groups excluding carboxylic acids is 2. The number of ether oxygens (including phenoxy) is 2. The first-order chi connectivity index (χ1) is 12.2. The van der Waals surface area contributed by atoms with Gasteiger partial charge in [0.15, 0.2) is 6.10 Å². The Morgan fingerprint density at radius 1 is 1.12 bits per heavy atom. The maximum absolute atomic E-state index is 12.2. The Morgan fingerprint density at radius 2 is 1.88 bits per heavy atom. The Hall–Kier alpha value is -1.74. The molecule has 2 aliphatic rings. The van der Waals surface area contributed by atoms with Gasteiger partial charge in [0.25, 0.3) is 5.91 Å². The van der Waals surface area contributed by atoms with Crippen molar-refractivity contribution in [3.8, 4) is 11.8 Å². The fraction of sp³-hybridized carbons (Fsp3) is 0.789. The van der Waals surface area contributed by atoms with E-state index in [0.717, 1.165) is 45.3 Å². The lowest BCUT2D eigenvalue weighted by Crippen LogP contribution is -2.32. The third kappa shape index (κ3) is 6.95. The van der Waals surface area contributed by atoms with Gasteiger partial charge in [0, 0.05) is 13.0 Å². The van der Waals surface area contributed by atoms with Crippen LogP contribution in [0, 0.1) is 11.8 Å². The summed E-state index contributed by atoms with van der Waals surface area (Å²) in [7, 11) is 0. The van der Waals surface area contributed by atoms with Crippen molar-refractivity contribution in [2.45, 2.75) is 58.0 Å². The van der Waals surface area contributed by atoms with Crippen LogP contribution in [0.1, 0.15) is 51.9 Å². The summed E-state index contributed by atoms with van der Waals surface area (Å²) >= 11 is 0. The third-order valence-electron chi connectivity index (χ3n) is 4.60. The highest BCUT2D eigenvalue weighted by molar-refractivity contribution is 5.85. The molecule has 140 valence electrons.